The fourth-order valence-corrected chi connectivity index (χ4v) is 3.01. The van der Waals surface area contributed by atoms with Gasteiger partial charge in [-0.15, -0.1) is 0 Å². The Kier molecular flexibility index (Phi) is 5.15. The second-order valence-corrected chi connectivity index (χ2v) is 7.52. The number of amides is 1. The lowest BCUT2D eigenvalue weighted by Crippen LogP contribution is -2.41. The quantitative estimate of drug-likeness (QED) is 0.907. The molecule has 0 atom stereocenters. The number of nitrogens with one attached hydrogen (secondary N) is 1. The Hall–Kier alpha value is -2.57. The Morgan fingerprint density at radius 1 is 1.27 bits per heavy atom. The fourth-order valence-electron chi connectivity index (χ4n) is 3.01. The van der Waals surface area contributed by atoms with Gasteiger partial charge in [0.05, 0.1) is 7.11 Å². The predicted octanol–water partition coefficient (Wildman–Crippen LogP) is 3.59. The molecule has 0 saturated carbocycles. The van der Waals surface area contributed by atoms with E-state index < -0.39 is 5.60 Å². The predicted molar refractivity (Wildman–Crippen MR) is 98.2 cm³/mol. The van der Waals surface area contributed by atoms with Gasteiger partial charge in [-0.3, -0.25) is 5.10 Å². The molecule has 1 fully saturated rings. The topological polar surface area (TPSA) is 80.3 Å². The number of hydrogen-bond acceptors (Lipinski definition) is 5. The van der Waals surface area contributed by atoms with Crippen LogP contribution in [-0.4, -0.2) is 52.0 Å². The van der Waals surface area contributed by atoms with Crippen LogP contribution in [0.5, 0.6) is 5.75 Å². The van der Waals surface area contributed by atoms with Crippen molar-refractivity contribution >= 4 is 6.09 Å². The molecule has 1 N–H and O–H groups in total. The minimum atomic E-state index is -0.468. The lowest BCUT2D eigenvalue weighted by atomic mass is 9.96. The second kappa shape index (κ2) is 7.35. The SMILES string of the molecule is COc1cccc(-c2n[nH]c(C3CCN(C(=O)OC(C)(C)C)CC3)n2)c1. The number of carbonyl (C=O) groups is 1. The van der Waals surface area contributed by atoms with Crippen molar-refractivity contribution in [2.45, 2.75) is 45.1 Å². The minimum absolute atomic E-state index is 0.245. The van der Waals surface area contributed by atoms with Gasteiger partial charge < -0.3 is 14.4 Å². The van der Waals surface area contributed by atoms with Crippen LogP contribution < -0.4 is 4.74 Å². The van der Waals surface area contributed by atoms with E-state index in [-0.39, 0.29) is 12.0 Å². The normalized spacial score (nSPS) is 15.8. The molecule has 1 aromatic carbocycles. The van der Waals surface area contributed by atoms with Crippen LogP contribution in [0.15, 0.2) is 24.3 Å². The first-order chi connectivity index (χ1) is 12.4. The van der Waals surface area contributed by atoms with Crippen LogP contribution >= 0.6 is 0 Å². The highest BCUT2D eigenvalue weighted by molar-refractivity contribution is 5.68. The van der Waals surface area contributed by atoms with Gasteiger partial charge in [0.1, 0.15) is 17.2 Å². The van der Waals surface area contributed by atoms with Crippen LogP contribution in [0.25, 0.3) is 11.4 Å². The maximum absolute atomic E-state index is 12.2. The third kappa shape index (κ3) is 4.33. The molecule has 1 amide bonds. The average Bonchev–Trinajstić information content (AvgIpc) is 3.10. The maximum Gasteiger partial charge on any atom is 0.410 e. The zero-order chi connectivity index (χ0) is 18.7. The molecule has 0 bridgehead atoms. The molecule has 140 valence electrons. The number of carbonyl (C=O) groups excluding carboxylic acids is 1. The van der Waals surface area contributed by atoms with Crippen LogP contribution in [0.3, 0.4) is 0 Å². The lowest BCUT2D eigenvalue weighted by molar-refractivity contribution is 0.0203. The highest BCUT2D eigenvalue weighted by atomic mass is 16.6. The molecule has 26 heavy (non-hydrogen) atoms. The first kappa shape index (κ1) is 18.2. The molecular formula is C19H26N4O3. The number of aromatic amines is 1. The van der Waals surface area contributed by atoms with E-state index in [9.17, 15) is 4.79 Å². The number of ether oxygens (including phenoxy) is 2. The van der Waals surface area contributed by atoms with Crippen molar-refractivity contribution in [1.29, 1.82) is 0 Å². The Bertz CT molecular complexity index is 758. The molecule has 7 nitrogen and oxygen atoms in total. The molecule has 1 aliphatic heterocycles. The van der Waals surface area contributed by atoms with E-state index in [1.807, 2.05) is 45.0 Å². The van der Waals surface area contributed by atoms with Crippen molar-refractivity contribution in [1.82, 2.24) is 20.1 Å². The molecule has 0 spiro atoms. The highest BCUT2D eigenvalue weighted by Crippen LogP contribution is 2.28. The van der Waals surface area contributed by atoms with E-state index in [1.54, 1.807) is 12.0 Å². The van der Waals surface area contributed by atoms with Crippen molar-refractivity contribution in [3.05, 3.63) is 30.1 Å². The van der Waals surface area contributed by atoms with Gasteiger partial charge >= 0.3 is 6.09 Å². The van der Waals surface area contributed by atoms with E-state index in [4.69, 9.17) is 9.47 Å². The summed E-state index contributed by atoms with van der Waals surface area (Å²) >= 11 is 0. The summed E-state index contributed by atoms with van der Waals surface area (Å²) in [6, 6.07) is 7.69. The lowest BCUT2D eigenvalue weighted by Gasteiger charge is -2.32. The van der Waals surface area contributed by atoms with E-state index in [0.717, 1.165) is 30.0 Å². The summed E-state index contributed by atoms with van der Waals surface area (Å²) < 4.78 is 10.7. The van der Waals surface area contributed by atoms with Crippen LogP contribution in [0.2, 0.25) is 0 Å². The third-order valence-corrected chi connectivity index (χ3v) is 4.36. The number of likely N-dealkylation sites (tertiary alicyclic amines) is 1. The zero-order valence-electron chi connectivity index (χ0n) is 15.8. The molecule has 1 aliphatic rings. The first-order valence-electron chi connectivity index (χ1n) is 8.90. The van der Waals surface area contributed by atoms with Gasteiger partial charge in [-0.05, 0) is 45.7 Å². The van der Waals surface area contributed by atoms with Crippen molar-refractivity contribution in [2.75, 3.05) is 20.2 Å². The van der Waals surface area contributed by atoms with Gasteiger partial charge in [0.25, 0.3) is 0 Å². The number of hydrogen-bond donors (Lipinski definition) is 1. The molecule has 1 aromatic heterocycles. The Morgan fingerprint density at radius 3 is 2.65 bits per heavy atom. The molecule has 0 aliphatic carbocycles. The average molecular weight is 358 g/mol. The fraction of sp³-hybridized carbons (Fsp3) is 0.526. The molecular weight excluding hydrogens is 332 g/mol. The molecule has 1 saturated heterocycles. The van der Waals surface area contributed by atoms with Gasteiger partial charge in [0, 0.05) is 24.6 Å². The first-order valence-corrected chi connectivity index (χ1v) is 8.90. The van der Waals surface area contributed by atoms with Gasteiger partial charge in [-0.1, -0.05) is 12.1 Å². The van der Waals surface area contributed by atoms with Crippen LogP contribution in [0, 0.1) is 0 Å². The summed E-state index contributed by atoms with van der Waals surface area (Å²) in [6.07, 6.45) is 1.43. The van der Waals surface area contributed by atoms with E-state index in [2.05, 4.69) is 15.2 Å². The van der Waals surface area contributed by atoms with E-state index >= 15 is 0 Å². The summed E-state index contributed by atoms with van der Waals surface area (Å²) in [5.41, 5.74) is 0.447. The number of piperidine rings is 1. The number of benzene rings is 1. The number of rotatable bonds is 3. The van der Waals surface area contributed by atoms with Crippen molar-refractivity contribution < 1.29 is 14.3 Å². The summed E-state index contributed by atoms with van der Waals surface area (Å²) in [6.45, 7) is 6.97. The summed E-state index contributed by atoms with van der Waals surface area (Å²) in [7, 11) is 1.64. The van der Waals surface area contributed by atoms with Crippen LogP contribution in [-0.2, 0) is 4.74 Å². The number of nitrogens with zero attached hydrogens (tertiary/aromatic N) is 3. The minimum Gasteiger partial charge on any atom is -0.497 e. The molecule has 0 radical (unpaired) electrons. The zero-order valence-corrected chi connectivity index (χ0v) is 15.8. The third-order valence-electron chi connectivity index (χ3n) is 4.36. The van der Waals surface area contributed by atoms with Gasteiger partial charge in [-0.2, -0.15) is 5.10 Å². The van der Waals surface area contributed by atoms with Gasteiger partial charge in [-0.25, -0.2) is 9.78 Å². The van der Waals surface area contributed by atoms with Crippen LogP contribution in [0.4, 0.5) is 4.79 Å². The summed E-state index contributed by atoms with van der Waals surface area (Å²) in [4.78, 5) is 18.6. The Labute approximate surface area is 153 Å². The van der Waals surface area contributed by atoms with Crippen molar-refractivity contribution in [3.8, 4) is 17.1 Å². The van der Waals surface area contributed by atoms with E-state index in [1.165, 1.54) is 0 Å². The second-order valence-electron chi connectivity index (χ2n) is 7.52. The molecule has 2 heterocycles. The Morgan fingerprint density at radius 2 is 2.00 bits per heavy atom. The highest BCUT2D eigenvalue weighted by Gasteiger charge is 2.29. The number of methoxy groups -OCH3 is 1. The molecule has 3 rings (SSSR count). The molecule has 2 aromatic rings. The number of aromatic nitrogens is 3. The van der Waals surface area contributed by atoms with Crippen LogP contribution in [0.1, 0.15) is 45.4 Å². The van der Waals surface area contributed by atoms with Crippen molar-refractivity contribution in [3.63, 3.8) is 0 Å². The molecule has 7 heteroatoms. The van der Waals surface area contributed by atoms with Gasteiger partial charge in [0.15, 0.2) is 5.82 Å². The smallest absolute Gasteiger partial charge is 0.410 e. The van der Waals surface area contributed by atoms with E-state index in [0.29, 0.717) is 18.9 Å². The number of H-pyrrole nitrogens is 1. The summed E-state index contributed by atoms with van der Waals surface area (Å²) in [5, 5.41) is 7.40. The van der Waals surface area contributed by atoms with Crippen molar-refractivity contribution in [2.24, 2.45) is 0 Å². The maximum atomic E-state index is 12.2. The summed E-state index contributed by atoms with van der Waals surface area (Å²) in [5.74, 6) is 2.57. The molecule has 0 unspecified atom stereocenters. The Balaban J connectivity index is 1.62. The largest absolute Gasteiger partial charge is 0.497 e. The monoisotopic (exact) mass is 358 g/mol. The standard InChI is InChI=1S/C19H26N4O3/c1-19(2,3)26-18(24)23-10-8-13(9-11-23)16-20-17(22-21-16)14-6-5-7-15(12-14)25-4/h5-7,12-13H,8-11H2,1-4H3,(H,20,21,22). The van der Waals surface area contributed by atoms with Gasteiger partial charge in [0.2, 0.25) is 0 Å².